The number of hydrogen-bond donors (Lipinski definition) is 0. The van der Waals surface area contributed by atoms with Crippen molar-refractivity contribution in [2.75, 3.05) is 28.4 Å². The number of halogens is 2. The molecule has 2 heterocycles. The molecule has 0 unspecified atom stereocenters. The van der Waals surface area contributed by atoms with E-state index in [1.54, 1.807) is 28.4 Å². The summed E-state index contributed by atoms with van der Waals surface area (Å²) in [4.78, 5) is 0. The first-order valence-corrected chi connectivity index (χ1v) is 11.6. The second-order valence-electron chi connectivity index (χ2n) is 8.29. The molecular weight excluding hydrogens is 577 g/mol. The number of fused-ring (bicyclic) bond motifs is 4. The van der Waals surface area contributed by atoms with E-state index in [1.807, 2.05) is 24.3 Å². The highest BCUT2D eigenvalue weighted by molar-refractivity contribution is 6.31. The van der Waals surface area contributed by atoms with Crippen molar-refractivity contribution in [2.45, 2.75) is 19.4 Å². The smallest absolute Gasteiger partial charge is 0.217 e. The quantitative estimate of drug-likeness (QED) is 0.251. The van der Waals surface area contributed by atoms with E-state index in [2.05, 4.69) is 35.0 Å². The summed E-state index contributed by atoms with van der Waals surface area (Å²) >= 11 is 6.61. The molecule has 0 saturated carbocycles. The van der Waals surface area contributed by atoms with E-state index in [4.69, 9.17) is 30.5 Å². The highest BCUT2D eigenvalue weighted by Crippen LogP contribution is 2.43. The normalized spacial score (nSPS) is 11.8. The minimum absolute atomic E-state index is 0. The van der Waals surface area contributed by atoms with E-state index in [0.717, 1.165) is 57.1 Å². The molecule has 1 aromatic heterocycles. The molecule has 35 heavy (non-hydrogen) atoms. The van der Waals surface area contributed by atoms with Crippen molar-refractivity contribution >= 4 is 22.4 Å². The van der Waals surface area contributed by atoms with Crippen molar-refractivity contribution in [3.05, 3.63) is 76.4 Å². The molecule has 0 amide bonds. The molecule has 4 aromatic rings. The molecule has 0 N–H and O–H groups in total. The minimum atomic E-state index is 0. The third kappa shape index (κ3) is 4.38. The number of methoxy groups -OCH3 is 4. The topological polar surface area (TPSA) is 40.8 Å². The second-order valence-corrected chi connectivity index (χ2v) is 8.70. The Morgan fingerprint density at radius 3 is 2.23 bits per heavy atom. The Morgan fingerprint density at radius 1 is 0.829 bits per heavy atom. The zero-order valence-electron chi connectivity index (χ0n) is 20.2. The van der Waals surface area contributed by atoms with Crippen LogP contribution in [-0.4, -0.2) is 28.4 Å². The Kier molecular flexibility index (Phi) is 7.62. The van der Waals surface area contributed by atoms with Gasteiger partial charge in [-0.1, -0.05) is 29.8 Å². The molecule has 182 valence electrons. The molecule has 0 aliphatic carbocycles. The van der Waals surface area contributed by atoms with Crippen molar-refractivity contribution < 1.29 is 47.5 Å². The van der Waals surface area contributed by atoms with Gasteiger partial charge in [-0.2, -0.15) is 4.57 Å². The summed E-state index contributed by atoms with van der Waals surface area (Å²) in [6.07, 6.45) is 3.73. The molecule has 0 spiro atoms. The van der Waals surface area contributed by atoms with E-state index >= 15 is 0 Å². The fourth-order valence-electron chi connectivity index (χ4n) is 4.96. The number of ether oxygens (including phenoxy) is 4. The van der Waals surface area contributed by atoms with Gasteiger partial charge in [0.25, 0.3) is 0 Å². The summed E-state index contributed by atoms with van der Waals surface area (Å²) in [5.41, 5.74) is 5.78. The SMILES string of the molecule is COc1cc2c(cc1OC)-c1c(Cc3ccccc3Cl)c3ccc(OC)c(OC)c3c[n+]1CC2.[I-]. The summed E-state index contributed by atoms with van der Waals surface area (Å²) in [5, 5.41) is 2.87. The third-order valence-electron chi connectivity index (χ3n) is 6.58. The molecule has 0 atom stereocenters. The number of aromatic nitrogens is 1. The predicted octanol–water partition coefficient (Wildman–Crippen LogP) is 2.63. The molecule has 5 nitrogen and oxygen atoms in total. The van der Waals surface area contributed by atoms with Gasteiger partial charge in [-0.25, -0.2) is 0 Å². The number of aryl methyl sites for hydroxylation is 2. The maximum absolute atomic E-state index is 6.61. The van der Waals surface area contributed by atoms with Gasteiger partial charge >= 0.3 is 0 Å². The van der Waals surface area contributed by atoms with Gasteiger partial charge in [0.2, 0.25) is 5.69 Å². The van der Waals surface area contributed by atoms with Gasteiger partial charge < -0.3 is 42.9 Å². The molecule has 0 bridgehead atoms. The number of rotatable bonds is 6. The summed E-state index contributed by atoms with van der Waals surface area (Å²) < 4.78 is 24.9. The van der Waals surface area contributed by atoms with Crippen LogP contribution in [-0.2, 0) is 19.4 Å². The molecule has 1 aliphatic rings. The molecule has 0 saturated heterocycles. The molecule has 0 radical (unpaired) electrons. The molecule has 3 aromatic carbocycles. The fraction of sp³-hybridized carbons (Fsp3) is 0.250. The fourth-order valence-corrected chi connectivity index (χ4v) is 5.16. The van der Waals surface area contributed by atoms with Crippen molar-refractivity contribution in [3.8, 4) is 34.3 Å². The molecular formula is C28H27ClINO4. The minimum Gasteiger partial charge on any atom is -1.00 e. The monoisotopic (exact) mass is 603 g/mol. The summed E-state index contributed by atoms with van der Waals surface area (Å²) in [7, 11) is 6.69. The first-order chi connectivity index (χ1) is 16.6. The van der Waals surface area contributed by atoms with Gasteiger partial charge in [-0.3, -0.25) is 0 Å². The van der Waals surface area contributed by atoms with Gasteiger partial charge in [-0.15, -0.1) is 0 Å². The van der Waals surface area contributed by atoms with E-state index in [-0.39, 0.29) is 24.0 Å². The lowest BCUT2D eigenvalue weighted by Gasteiger charge is -2.22. The van der Waals surface area contributed by atoms with E-state index < -0.39 is 0 Å². The van der Waals surface area contributed by atoms with Gasteiger partial charge in [0, 0.05) is 28.8 Å². The Balaban J connectivity index is 0.00000289. The third-order valence-corrected chi connectivity index (χ3v) is 6.95. The number of pyridine rings is 1. The Labute approximate surface area is 227 Å². The van der Waals surface area contributed by atoms with Gasteiger partial charge in [0.1, 0.15) is 0 Å². The Hall–Kier alpha value is -2.71. The maximum atomic E-state index is 6.61. The van der Waals surface area contributed by atoms with Gasteiger partial charge in [0.15, 0.2) is 35.7 Å². The summed E-state index contributed by atoms with van der Waals surface area (Å²) in [5.74, 6) is 2.90. The van der Waals surface area contributed by atoms with Crippen LogP contribution in [0, 0.1) is 0 Å². The highest BCUT2D eigenvalue weighted by Gasteiger charge is 2.31. The van der Waals surface area contributed by atoms with Crippen LogP contribution >= 0.6 is 11.6 Å². The van der Waals surface area contributed by atoms with Crippen molar-refractivity contribution in [2.24, 2.45) is 0 Å². The van der Waals surface area contributed by atoms with E-state index in [9.17, 15) is 0 Å². The Morgan fingerprint density at radius 2 is 1.54 bits per heavy atom. The first-order valence-electron chi connectivity index (χ1n) is 11.2. The molecule has 0 fully saturated rings. The van der Waals surface area contributed by atoms with Crippen LogP contribution in [0.2, 0.25) is 5.02 Å². The largest absolute Gasteiger partial charge is 1.00 e. The maximum Gasteiger partial charge on any atom is 0.217 e. The summed E-state index contributed by atoms with van der Waals surface area (Å²) in [6, 6.07) is 16.3. The van der Waals surface area contributed by atoms with Crippen LogP contribution in [0.25, 0.3) is 22.0 Å². The summed E-state index contributed by atoms with van der Waals surface area (Å²) in [6.45, 7) is 0.837. The van der Waals surface area contributed by atoms with Crippen LogP contribution in [0.15, 0.2) is 54.7 Å². The molecule has 1 aliphatic heterocycles. The van der Waals surface area contributed by atoms with Crippen molar-refractivity contribution in [3.63, 3.8) is 0 Å². The van der Waals surface area contributed by atoms with Gasteiger partial charge in [-0.05, 0) is 41.5 Å². The van der Waals surface area contributed by atoms with Crippen molar-refractivity contribution in [1.29, 1.82) is 0 Å². The predicted molar refractivity (Wildman–Crippen MR) is 134 cm³/mol. The Bertz CT molecular complexity index is 1410. The lowest BCUT2D eigenvalue weighted by atomic mass is 9.88. The number of nitrogens with zero attached hydrogens (tertiary/aromatic N) is 1. The number of benzene rings is 3. The molecule has 7 heteroatoms. The van der Waals surface area contributed by atoms with Crippen LogP contribution in [0.1, 0.15) is 16.7 Å². The van der Waals surface area contributed by atoms with Crippen LogP contribution in [0.5, 0.6) is 23.0 Å². The van der Waals surface area contributed by atoms with Crippen LogP contribution in [0.3, 0.4) is 0 Å². The van der Waals surface area contributed by atoms with Crippen molar-refractivity contribution in [1.82, 2.24) is 0 Å². The van der Waals surface area contributed by atoms with Crippen LogP contribution in [0.4, 0.5) is 0 Å². The zero-order chi connectivity index (χ0) is 23.8. The average molecular weight is 604 g/mol. The lowest BCUT2D eigenvalue weighted by Crippen LogP contribution is -3.00. The lowest BCUT2D eigenvalue weighted by molar-refractivity contribution is -0.686. The van der Waals surface area contributed by atoms with Crippen LogP contribution < -0.4 is 47.5 Å². The molecule has 5 rings (SSSR count). The standard InChI is InChI=1S/C28H27ClNO4.HI/c1-31-24-10-9-19-21(13-18-7-5-6-8-23(18)29)27-20-15-26(33-3)25(32-2)14-17(20)11-12-30(27)16-22(19)28(24)34-4;/h5-10,14-16H,11-13H2,1-4H3;1H/q+1;/p-1. The average Bonchev–Trinajstić information content (AvgIpc) is 2.87. The number of hydrogen-bond acceptors (Lipinski definition) is 4. The zero-order valence-corrected chi connectivity index (χ0v) is 23.1. The van der Waals surface area contributed by atoms with E-state index in [0.29, 0.717) is 17.9 Å². The second kappa shape index (κ2) is 10.5. The first kappa shape index (κ1) is 25.4. The highest BCUT2D eigenvalue weighted by atomic mass is 127. The van der Waals surface area contributed by atoms with E-state index in [1.165, 1.54) is 11.1 Å². The van der Waals surface area contributed by atoms with Gasteiger partial charge in [0.05, 0.1) is 39.4 Å².